The normalized spacial score (nSPS) is 16.9. The van der Waals surface area contributed by atoms with Crippen molar-refractivity contribution in [3.63, 3.8) is 0 Å². The van der Waals surface area contributed by atoms with Crippen LogP contribution in [0.4, 0.5) is 14.5 Å². The predicted octanol–water partition coefficient (Wildman–Crippen LogP) is 2.14. The number of halogens is 3. The van der Waals surface area contributed by atoms with Crippen LogP contribution < -0.4 is 10.2 Å². The van der Waals surface area contributed by atoms with E-state index < -0.39 is 11.6 Å². The lowest BCUT2D eigenvalue weighted by Crippen LogP contribution is -2.43. The zero-order valence-electron chi connectivity index (χ0n) is 8.06. The molecule has 1 N–H and O–H groups in total. The molecule has 1 fully saturated rings. The highest BCUT2D eigenvalue weighted by atomic mass is 79.9. The molecule has 0 saturated carbocycles. The summed E-state index contributed by atoms with van der Waals surface area (Å²) in [5.41, 5.74) is 0.463. The molecule has 0 bridgehead atoms. The third-order valence-corrected chi connectivity index (χ3v) is 3.20. The Morgan fingerprint density at radius 3 is 2.53 bits per heavy atom. The molecule has 2 nitrogen and oxygen atoms in total. The van der Waals surface area contributed by atoms with E-state index in [1.165, 1.54) is 12.1 Å². The number of anilines is 1. The summed E-state index contributed by atoms with van der Waals surface area (Å²) in [4.78, 5) is 1.91. The van der Waals surface area contributed by atoms with Crippen molar-refractivity contribution in [2.24, 2.45) is 0 Å². The summed E-state index contributed by atoms with van der Waals surface area (Å²) in [7, 11) is 0. The molecular formula is C10H11BrF2N2. The quantitative estimate of drug-likeness (QED) is 0.791. The minimum Gasteiger partial charge on any atom is -0.367 e. The van der Waals surface area contributed by atoms with Gasteiger partial charge >= 0.3 is 0 Å². The van der Waals surface area contributed by atoms with Crippen LogP contribution in [0, 0.1) is 11.6 Å². The van der Waals surface area contributed by atoms with Crippen LogP contribution in [0.1, 0.15) is 0 Å². The van der Waals surface area contributed by atoms with Crippen LogP contribution in [-0.4, -0.2) is 26.2 Å². The fraction of sp³-hybridized carbons (Fsp3) is 0.400. The van der Waals surface area contributed by atoms with Gasteiger partial charge in [0.1, 0.15) is 5.82 Å². The first-order valence-electron chi connectivity index (χ1n) is 4.79. The number of piperazine rings is 1. The van der Waals surface area contributed by atoms with E-state index in [0.717, 1.165) is 26.2 Å². The lowest BCUT2D eigenvalue weighted by Gasteiger charge is -2.29. The van der Waals surface area contributed by atoms with Gasteiger partial charge in [0.15, 0.2) is 5.82 Å². The fourth-order valence-electron chi connectivity index (χ4n) is 1.67. The Kier molecular flexibility index (Phi) is 3.21. The Labute approximate surface area is 95.4 Å². The van der Waals surface area contributed by atoms with Crippen molar-refractivity contribution in [3.8, 4) is 0 Å². The van der Waals surface area contributed by atoms with E-state index in [0.29, 0.717) is 5.69 Å². The lowest BCUT2D eigenvalue weighted by atomic mass is 10.2. The van der Waals surface area contributed by atoms with E-state index in [1.54, 1.807) is 0 Å². The molecule has 0 aromatic heterocycles. The minimum atomic E-state index is -0.564. The lowest BCUT2D eigenvalue weighted by molar-refractivity contribution is 0.548. The molecule has 1 heterocycles. The molecule has 2 rings (SSSR count). The van der Waals surface area contributed by atoms with Gasteiger partial charge in [-0.3, -0.25) is 0 Å². The second-order valence-electron chi connectivity index (χ2n) is 3.43. The van der Waals surface area contributed by atoms with Gasteiger partial charge in [0.2, 0.25) is 0 Å². The van der Waals surface area contributed by atoms with Gasteiger partial charge in [-0.25, -0.2) is 8.78 Å². The average molecular weight is 277 g/mol. The Morgan fingerprint density at radius 2 is 1.87 bits per heavy atom. The van der Waals surface area contributed by atoms with E-state index in [-0.39, 0.29) is 4.47 Å². The third kappa shape index (κ3) is 2.13. The van der Waals surface area contributed by atoms with E-state index >= 15 is 0 Å². The van der Waals surface area contributed by atoms with Crippen LogP contribution >= 0.6 is 15.9 Å². The maximum Gasteiger partial charge on any atom is 0.163 e. The van der Waals surface area contributed by atoms with Crippen molar-refractivity contribution in [1.29, 1.82) is 0 Å². The first-order valence-corrected chi connectivity index (χ1v) is 5.58. The maximum absolute atomic E-state index is 13.7. The van der Waals surface area contributed by atoms with E-state index in [2.05, 4.69) is 21.2 Å². The summed E-state index contributed by atoms with van der Waals surface area (Å²) < 4.78 is 26.6. The van der Waals surface area contributed by atoms with Crippen molar-refractivity contribution in [2.75, 3.05) is 31.1 Å². The Balaban J connectivity index is 2.31. The summed E-state index contributed by atoms with van der Waals surface area (Å²) in [5.74, 6) is -1.08. The van der Waals surface area contributed by atoms with E-state index in [1.807, 2.05) is 4.90 Å². The van der Waals surface area contributed by atoms with Crippen molar-refractivity contribution in [3.05, 3.63) is 28.2 Å². The molecule has 82 valence electrons. The van der Waals surface area contributed by atoms with Crippen molar-refractivity contribution in [2.45, 2.75) is 0 Å². The molecule has 0 radical (unpaired) electrons. The highest BCUT2D eigenvalue weighted by Gasteiger charge is 2.17. The third-order valence-electron chi connectivity index (χ3n) is 2.47. The SMILES string of the molecule is Fc1ccc(N2CCNCC2)c(F)c1Br. The molecule has 0 atom stereocenters. The maximum atomic E-state index is 13.7. The van der Waals surface area contributed by atoms with Crippen LogP contribution in [0.3, 0.4) is 0 Å². The van der Waals surface area contributed by atoms with Crippen molar-refractivity contribution in [1.82, 2.24) is 5.32 Å². The van der Waals surface area contributed by atoms with Gasteiger partial charge in [-0.05, 0) is 28.1 Å². The largest absolute Gasteiger partial charge is 0.367 e. The van der Waals surface area contributed by atoms with Crippen LogP contribution in [0.2, 0.25) is 0 Å². The van der Waals surface area contributed by atoms with Crippen LogP contribution in [0.25, 0.3) is 0 Å². The number of rotatable bonds is 1. The van der Waals surface area contributed by atoms with Gasteiger partial charge in [-0.1, -0.05) is 0 Å². The fourth-order valence-corrected chi connectivity index (χ4v) is 2.00. The molecular weight excluding hydrogens is 266 g/mol. The second-order valence-corrected chi connectivity index (χ2v) is 4.22. The number of nitrogens with one attached hydrogen (secondary N) is 1. The smallest absolute Gasteiger partial charge is 0.163 e. The van der Waals surface area contributed by atoms with Gasteiger partial charge in [0, 0.05) is 26.2 Å². The Hall–Kier alpha value is -0.680. The molecule has 5 heteroatoms. The molecule has 1 aromatic carbocycles. The molecule has 0 amide bonds. The predicted molar refractivity (Wildman–Crippen MR) is 59.1 cm³/mol. The molecule has 0 spiro atoms. The van der Waals surface area contributed by atoms with E-state index in [9.17, 15) is 8.78 Å². The number of hydrogen-bond acceptors (Lipinski definition) is 2. The average Bonchev–Trinajstić information content (AvgIpc) is 2.27. The molecule has 0 unspecified atom stereocenters. The molecule has 15 heavy (non-hydrogen) atoms. The molecule has 1 aliphatic rings. The van der Waals surface area contributed by atoms with Crippen molar-refractivity contribution >= 4 is 21.6 Å². The minimum absolute atomic E-state index is 0.0847. The summed E-state index contributed by atoms with van der Waals surface area (Å²) in [6, 6.07) is 2.77. The molecule has 1 aliphatic heterocycles. The first-order chi connectivity index (χ1) is 7.20. The van der Waals surface area contributed by atoms with Crippen molar-refractivity contribution < 1.29 is 8.78 Å². The van der Waals surface area contributed by atoms with Gasteiger partial charge < -0.3 is 10.2 Å². The van der Waals surface area contributed by atoms with Gasteiger partial charge in [-0.15, -0.1) is 0 Å². The van der Waals surface area contributed by atoms with Gasteiger partial charge in [0.05, 0.1) is 10.2 Å². The topological polar surface area (TPSA) is 15.3 Å². The highest BCUT2D eigenvalue weighted by molar-refractivity contribution is 9.10. The zero-order chi connectivity index (χ0) is 10.8. The summed E-state index contributed by atoms with van der Waals surface area (Å²) in [6.07, 6.45) is 0. The molecule has 0 aliphatic carbocycles. The Bertz CT molecular complexity index is 365. The molecule has 1 saturated heterocycles. The van der Waals surface area contributed by atoms with Crippen LogP contribution in [-0.2, 0) is 0 Å². The van der Waals surface area contributed by atoms with Gasteiger partial charge in [0.25, 0.3) is 0 Å². The summed E-state index contributed by atoms with van der Waals surface area (Å²) in [6.45, 7) is 3.15. The monoisotopic (exact) mass is 276 g/mol. The zero-order valence-corrected chi connectivity index (χ0v) is 9.65. The summed E-state index contributed by atoms with van der Waals surface area (Å²) in [5, 5.41) is 3.18. The summed E-state index contributed by atoms with van der Waals surface area (Å²) >= 11 is 2.90. The number of nitrogens with zero attached hydrogens (tertiary/aromatic N) is 1. The van der Waals surface area contributed by atoms with Crippen LogP contribution in [0.5, 0.6) is 0 Å². The van der Waals surface area contributed by atoms with Gasteiger partial charge in [-0.2, -0.15) is 0 Å². The first kappa shape index (κ1) is 10.8. The highest BCUT2D eigenvalue weighted by Crippen LogP contribution is 2.28. The number of benzene rings is 1. The Morgan fingerprint density at radius 1 is 1.20 bits per heavy atom. The van der Waals surface area contributed by atoms with Crippen LogP contribution in [0.15, 0.2) is 16.6 Å². The second kappa shape index (κ2) is 4.45. The molecule has 1 aromatic rings. The van der Waals surface area contributed by atoms with E-state index in [4.69, 9.17) is 0 Å². The number of hydrogen-bond donors (Lipinski definition) is 1. The standard InChI is InChI=1S/C10H11BrF2N2/c11-9-7(12)1-2-8(10(9)13)15-5-3-14-4-6-15/h1-2,14H,3-6H2.